The molecule has 0 unspecified atom stereocenters. The molecule has 0 aromatic rings. The minimum atomic E-state index is -1.40. The minimum Gasteiger partial charge on any atom is -0.391 e. The van der Waals surface area contributed by atoms with Gasteiger partial charge in [-0.15, -0.1) is 0 Å². The van der Waals surface area contributed by atoms with Crippen LogP contribution >= 0.6 is 0 Å². The molecule has 0 rings (SSSR count). The maximum absolute atomic E-state index is 10.2. The molecule has 72 valence electrons. The molecule has 0 aliphatic carbocycles. The van der Waals surface area contributed by atoms with Crippen molar-refractivity contribution in [3.05, 3.63) is 0 Å². The number of aldehydes is 1. The molecule has 0 spiro atoms. The van der Waals surface area contributed by atoms with Crippen molar-refractivity contribution in [1.29, 1.82) is 0 Å². The lowest BCUT2D eigenvalue weighted by molar-refractivity contribution is -0.136. The van der Waals surface area contributed by atoms with E-state index in [0.717, 1.165) is 0 Å². The molecule has 0 heterocycles. The van der Waals surface area contributed by atoms with E-state index in [2.05, 4.69) is 4.74 Å². The van der Waals surface area contributed by atoms with Gasteiger partial charge >= 0.3 is 0 Å². The lowest BCUT2D eigenvalue weighted by atomic mass is 10.1. The summed E-state index contributed by atoms with van der Waals surface area (Å²) in [4.78, 5) is 10.2. The maximum atomic E-state index is 10.2. The molecule has 0 fully saturated rings. The normalized spacial score (nSPS) is 21.1. The highest BCUT2D eigenvalue weighted by molar-refractivity contribution is 5.57. The third kappa shape index (κ3) is 2.86. The molecule has 5 nitrogen and oxygen atoms in total. The monoisotopic (exact) mass is 178 g/mol. The van der Waals surface area contributed by atoms with Gasteiger partial charge in [0.05, 0.1) is 6.10 Å². The van der Waals surface area contributed by atoms with Crippen LogP contribution in [0.1, 0.15) is 6.92 Å². The lowest BCUT2D eigenvalue weighted by Crippen LogP contribution is -2.44. The number of aliphatic hydroxyl groups excluding tert-OH is 3. The summed E-state index contributed by atoms with van der Waals surface area (Å²) >= 11 is 0. The molecular weight excluding hydrogens is 164 g/mol. The van der Waals surface area contributed by atoms with Gasteiger partial charge in [-0.2, -0.15) is 0 Å². The molecule has 12 heavy (non-hydrogen) atoms. The molecular formula is C7H14O5. The predicted octanol–water partition coefficient (Wildman–Crippen LogP) is -1.70. The Morgan fingerprint density at radius 3 is 2.00 bits per heavy atom. The van der Waals surface area contributed by atoms with Crippen LogP contribution in [-0.2, 0) is 9.53 Å². The Kier molecular flexibility index (Phi) is 5.00. The Labute approximate surface area is 70.6 Å². The van der Waals surface area contributed by atoms with Gasteiger partial charge in [0.2, 0.25) is 0 Å². The molecule has 0 aliphatic heterocycles. The van der Waals surface area contributed by atoms with Crippen molar-refractivity contribution in [2.45, 2.75) is 31.3 Å². The van der Waals surface area contributed by atoms with Crippen molar-refractivity contribution < 1.29 is 24.9 Å². The van der Waals surface area contributed by atoms with E-state index < -0.39 is 24.4 Å². The predicted molar refractivity (Wildman–Crippen MR) is 40.6 cm³/mol. The summed E-state index contributed by atoms with van der Waals surface area (Å²) in [6.07, 6.45) is -4.60. The Hall–Kier alpha value is -0.490. The van der Waals surface area contributed by atoms with Crippen LogP contribution in [-0.4, -0.2) is 53.1 Å². The number of hydrogen-bond acceptors (Lipinski definition) is 5. The van der Waals surface area contributed by atoms with Gasteiger partial charge < -0.3 is 24.9 Å². The van der Waals surface area contributed by atoms with Crippen LogP contribution in [0.5, 0.6) is 0 Å². The third-order valence-corrected chi connectivity index (χ3v) is 1.59. The Balaban J connectivity index is 4.14. The fraction of sp³-hybridized carbons (Fsp3) is 0.857. The molecule has 0 radical (unpaired) electrons. The minimum absolute atomic E-state index is 0.371. The van der Waals surface area contributed by atoms with E-state index in [1.807, 2.05) is 0 Å². The second-order valence-corrected chi connectivity index (χ2v) is 2.56. The molecule has 0 saturated heterocycles. The van der Waals surface area contributed by atoms with Crippen LogP contribution in [0.4, 0.5) is 0 Å². The highest BCUT2D eigenvalue weighted by Crippen LogP contribution is 2.05. The summed E-state index contributed by atoms with van der Waals surface area (Å²) in [6, 6.07) is 0. The first-order chi connectivity index (χ1) is 5.54. The molecule has 0 bridgehead atoms. The van der Waals surface area contributed by atoms with E-state index in [1.54, 1.807) is 0 Å². The quantitative estimate of drug-likeness (QED) is 0.437. The van der Waals surface area contributed by atoms with Crippen molar-refractivity contribution in [3.8, 4) is 0 Å². The molecule has 0 aromatic heterocycles. The zero-order valence-corrected chi connectivity index (χ0v) is 7.04. The van der Waals surface area contributed by atoms with Crippen molar-refractivity contribution >= 4 is 6.29 Å². The zero-order valence-electron chi connectivity index (χ0n) is 7.04. The van der Waals surface area contributed by atoms with Gasteiger partial charge in [0.25, 0.3) is 0 Å². The summed E-state index contributed by atoms with van der Waals surface area (Å²) in [7, 11) is 1.23. The second kappa shape index (κ2) is 5.21. The summed E-state index contributed by atoms with van der Waals surface area (Å²) in [5.41, 5.74) is 0. The van der Waals surface area contributed by atoms with Crippen LogP contribution in [0.15, 0.2) is 0 Å². The van der Waals surface area contributed by atoms with Gasteiger partial charge in [-0.25, -0.2) is 0 Å². The van der Waals surface area contributed by atoms with E-state index >= 15 is 0 Å². The lowest BCUT2D eigenvalue weighted by Gasteiger charge is -2.23. The summed E-state index contributed by atoms with van der Waals surface area (Å²) in [5.74, 6) is 0. The Bertz CT molecular complexity index is 136. The number of rotatable bonds is 5. The van der Waals surface area contributed by atoms with Crippen LogP contribution in [0.2, 0.25) is 0 Å². The highest BCUT2D eigenvalue weighted by Gasteiger charge is 2.28. The van der Waals surface area contributed by atoms with Crippen LogP contribution in [0, 0.1) is 0 Å². The van der Waals surface area contributed by atoms with E-state index in [9.17, 15) is 9.90 Å². The zero-order chi connectivity index (χ0) is 9.72. The third-order valence-electron chi connectivity index (χ3n) is 1.59. The van der Waals surface area contributed by atoms with E-state index in [4.69, 9.17) is 10.2 Å². The maximum Gasteiger partial charge on any atom is 0.151 e. The first-order valence-electron chi connectivity index (χ1n) is 3.56. The Morgan fingerprint density at radius 2 is 1.75 bits per heavy atom. The summed E-state index contributed by atoms with van der Waals surface area (Å²) in [5, 5.41) is 27.1. The number of hydrogen-bond donors (Lipinski definition) is 3. The van der Waals surface area contributed by atoms with Crippen molar-refractivity contribution in [2.75, 3.05) is 7.11 Å². The molecule has 0 amide bonds. The highest BCUT2D eigenvalue weighted by atomic mass is 16.5. The molecule has 3 N–H and O–H groups in total. The number of aliphatic hydroxyl groups is 3. The topological polar surface area (TPSA) is 87.0 Å². The van der Waals surface area contributed by atoms with E-state index in [1.165, 1.54) is 14.0 Å². The smallest absolute Gasteiger partial charge is 0.151 e. The first-order valence-corrected chi connectivity index (χ1v) is 3.56. The van der Waals surface area contributed by atoms with Gasteiger partial charge in [-0.3, -0.25) is 0 Å². The van der Waals surface area contributed by atoms with E-state index in [-0.39, 0.29) is 0 Å². The Morgan fingerprint density at radius 1 is 1.25 bits per heavy atom. The number of ether oxygens (including phenoxy) is 1. The van der Waals surface area contributed by atoms with Crippen molar-refractivity contribution in [1.82, 2.24) is 0 Å². The molecule has 5 heteroatoms. The molecule has 4 atom stereocenters. The average molecular weight is 178 g/mol. The molecule has 0 saturated carbocycles. The van der Waals surface area contributed by atoms with Gasteiger partial charge in [0, 0.05) is 7.11 Å². The van der Waals surface area contributed by atoms with Gasteiger partial charge in [0.1, 0.15) is 18.3 Å². The summed E-state index contributed by atoms with van der Waals surface area (Å²) in [6.45, 7) is 1.31. The summed E-state index contributed by atoms with van der Waals surface area (Å²) < 4.78 is 4.54. The van der Waals surface area contributed by atoms with Crippen molar-refractivity contribution in [3.63, 3.8) is 0 Å². The van der Waals surface area contributed by atoms with Gasteiger partial charge in [-0.1, -0.05) is 0 Å². The van der Waals surface area contributed by atoms with E-state index in [0.29, 0.717) is 6.29 Å². The van der Waals surface area contributed by atoms with Crippen molar-refractivity contribution in [2.24, 2.45) is 0 Å². The largest absolute Gasteiger partial charge is 0.391 e. The standard InChI is InChI=1S/C7H14O5/c1-4(9)6(10)7(11)5(3-8)12-2/h3-7,9-11H,1-2H3/t4-,5+,6+,7-/m1/s1. The molecule has 0 aromatic carbocycles. The second-order valence-electron chi connectivity index (χ2n) is 2.56. The SMILES string of the molecule is CO[C@@H](C=O)[C@@H](O)[C@@H](O)[C@@H](C)O. The fourth-order valence-electron chi connectivity index (χ4n) is 0.755. The fourth-order valence-corrected chi connectivity index (χ4v) is 0.755. The number of carbonyl (C=O) groups is 1. The van der Waals surface area contributed by atoms with Gasteiger partial charge in [-0.05, 0) is 6.92 Å². The molecule has 0 aliphatic rings. The van der Waals surface area contributed by atoms with Crippen LogP contribution in [0.25, 0.3) is 0 Å². The number of methoxy groups -OCH3 is 1. The van der Waals surface area contributed by atoms with Crippen LogP contribution in [0.3, 0.4) is 0 Å². The van der Waals surface area contributed by atoms with Crippen LogP contribution < -0.4 is 0 Å². The first kappa shape index (κ1) is 11.5. The number of carbonyl (C=O) groups excluding carboxylic acids is 1. The van der Waals surface area contributed by atoms with Gasteiger partial charge in [0.15, 0.2) is 6.29 Å². The average Bonchev–Trinajstić information content (AvgIpc) is 2.05.